The molecule has 0 amide bonds. The van der Waals surface area contributed by atoms with Crippen LogP contribution in [-0.4, -0.2) is 26.7 Å². The van der Waals surface area contributed by atoms with Crippen LogP contribution in [-0.2, 0) is 19.6 Å². The summed E-state index contributed by atoms with van der Waals surface area (Å²) in [5, 5.41) is 3.67. The first kappa shape index (κ1) is 15.2. The average Bonchev–Trinajstić information content (AvgIpc) is 2.38. The molecule has 1 aromatic rings. The lowest BCUT2D eigenvalue weighted by Crippen LogP contribution is -2.20. The monoisotopic (exact) mass is 284 g/mol. The van der Waals surface area contributed by atoms with Gasteiger partial charge in [0.1, 0.15) is 0 Å². The maximum atomic E-state index is 11.8. The number of carbonyl (C=O) groups is 1. The predicted molar refractivity (Wildman–Crippen MR) is 71.1 cm³/mol. The van der Waals surface area contributed by atoms with E-state index in [4.69, 9.17) is 4.74 Å². The van der Waals surface area contributed by atoms with E-state index in [9.17, 15) is 13.2 Å². The van der Waals surface area contributed by atoms with Crippen LogP contribution in [0.15, 0.2) is 40.3 Å². The van der Waals surface area contributed by atoms with Crippen molar-refractivity contribution in [2.45, 2.75) is 25.2 Å². The van der Waals surface area contributed by atoms with Crippen molar-refractivity contribution in [3.8, 4) is 0 Å². The van der Waals surface area contributed by atoms with Crippen LogP contribution >= 0.6 is 0 Å². The Morgan fingerprint density at radius 2 is 1.95 bits per heavy atom. The summed E-state index contributed by atoms with van der Waals surface area (Å²) in [5.41, 5.74) is 0.331. The summed E-state index contributed by atoms with van der Waals surface area (Å²) in [6.45, 7) is 3.52. The SMILES string of the molecule is CCOC(=O)C/C(C)=N\NS(=O)(=O)c1ccccc1. The molecule has 0 fully saturated rings. The zero-order chi connectivity index (χ0) is 14.3. The second-order valence-corrected chi connectivity index (χ2v) is 5.40. The van der Waals surface area contributed by atoms with Crippen molar-refractivity contribution in [2.24, 2.45) is 5.10 Å². The van der Waals surface area contributed by atoms with Gasteiger partial charge in [0.25, 0.3) is 10.0 Å². The smallest absolute Gasteiger partial charge is 0.311 e. The first-order chi connectivity index (χ1) is 8.95. The third-order valence-corrected chi connectivity index (χ3v) is 3.34. The van der Waals surface area contributed by atoms with Gasteiger partial charge in [-0.2, -0.15) is 13.5 Å². The minimum Gasteiger partial charge on any atom is -0.466 e. The topological polar surface area (TPSA) is 84.8 Å². The van der Waals surface area contributed by atoms with E-state index < -0.39 is 16.0 Å². The van der Waals surface area contributed by atoms with Crippen LogP contribution in [0, 0.1) is 0 Å². The maximum Gasteiger partial charge on any atom is 0.311 e. The molecule has 19 heavy (non-hydrogen) atoms. The van der Waals surface area contributed by atoms with Gasteiger partial charge in [-0.3, -0.25) is 4.79 Å². The third kappa shape index (κ3) is 5.09. The molecule has 0 unspecified atom stereocenters. The molecule has 0 aliphatic rings. The van der Waals surface area contributed by atoms with Gasteiger partial charge in [-0.05, 0) is 26.0 Å². The Kier molecular flexibility index (Phi) is 5.50. The minimum absolute atomic E-state index is 0.0504. The molecule has 1 rings (SSSR count). The minimum atomic E-state index is -3.69. The second kappa shape index (κ2) is 6.89. The van der Waals surface area contributed by atoms with Crippen molar-refractivity contribution in [3.63, 3.8) is 0 Å². The van der Waals surface area contributed by atoms with Crippen molar-refractivity contribution < 1.29 is 17.9 Å². The highest BCUT2D eigenvalue weighted by Gasteiger charge is 2.12. The van der Waals surface area contributed by atoms with Gasteiger partial charge >= 0.3 is 5.97 Å². The fourth-order valence-corrected chi connectivity index (χ4v) is 2.15. The van der Waals surface area contributed by atoms with E-state index in [-0.39, 0.29) is 17.9 Å². The highest BCUT2D eigenvalue weighted by molar-refractivity contribution is 7.89. The molecule has 6 nitrogen and oxygen atoms in total. The first-order valence-corrected chi connectivity index (χ1v) is 7.19. The van der Waals surface area contributed by atoms with Crippen LogP contribution in [0.5, 0.6) is 0 Å². The molecule has 7 heteroatoms. The van der Waals surface area contributed by atoms with E-state index in [1.807, 2.05) is 0 Å². The number of ether oxygens (including phenoxy) is 1. The van der Waals surface area contributed by atoms with Crippen molar-refractivity contribution >= 4 is 21.7 Å². The number of carbonyl (C=O) groups excluding carboxylic acids is 1. The van der Waals surface area contributed by atoms with Crippen LogP contribution < -0.4 is 4.83 Å². The van der Waals surface area contributed by atoms with Crippen LogP contribution in [0.3, 0.4) is 0 Å². The predicted octanol–water partition coefficient (Wildman–Crippen LogP) is 1.29. The van der Waals surface area contributed by atoms with Gasteiger partial charge < -0.3 is 4.74 Å². The van der Waals surface area contributed by atoms with E-state index >= 15 is 0 Å². The molecule has 0 radical (unpaired) electrons. The summed E-state index contributed by atoms with van der Waals surface area (Å²) in [4.78, 5) is 13.4. The van der Waals surface area contributed by atoms with E-state index in [1.165, 1.54) is 12.1 Å². The molecule has 0 atom stereocenters. The van der Waals surface area contributed by atoms with Crippen molar-refractivity contribution in [2.75, 3.05) is 6.61 Å². The number of sulfonamides is 1. The molecule has 1 aromatic carbocycles. The average molecular weight is 284 g/mol. The molecular weight excluding hydrogens is 268 g/mol. The van der Waals surface area contributed by atoms with Crippen molar-refractivity contribution in [1.29, 1.82) is 0 Å². The summed E-state index contributed by atoms with van der Waals surface area (Å²) in [5.74, 6) is -0.442. The molecule has 104 valence electrons. The lowest BCUT2D eigenvalue weighted by molar-refractivity contribution is -0.141. The third-order valence-electron chi connectivity index (χ3n) is 2.12. The van der Waals surface area contributed by atoms with Crippen LogP contribution in [0.25, 0.3) is 0 Å². The zero-order valence-corrected chi connectivity index (χ0v) is 11.6. The van der Waals surface area contributed by atoms with Crippen LogP contribution in [0.1, 0.15) is 20.3 Å². The van der Waals surface area contributed by atoms with Gasteiger partial charge in [0, 0.05) is 5.71 Å². The molecule has 0 saturated carbocycles. The van der Waals surface area contributed by atoms with E-state index in [1.54, 1.807) is 32.0 Å². The Labute approximate surface area is 112 Å². The van der Waals surface area contributed by atoms with Gasteiger partial charge in [-0.1, -0.05) is 18.2 Å². The second-order valence-electron chi connectivity index (χ2n) is 3.74. The molecule has 0 aliphatic heterocycles. The van der Waals surface area contributed by atoms with Crippen molar-refractivity contribution in [3.05, 3.63) is 30.3 Å². The highest BCUT2D eigenvalue weighted by atomic mass is 32.2. The van der Waals surface area contributed by atoms with E-state index in [0.29, 0.717) is 5.71 Å². The summed E-state index contributed by atoms with van der Waals surface area (Å²) < 4.78 is 28.4. The van der Waals surface area contributed by atoms with Crippen molar-refractivity contribution in [1.82, 2.24) is 4.83 Å². The lowest BCUT2D eigenvalue weighted by atomic mass is 10.3. The number of rotatable bonds is 6. The van der Waals surface area contributed by atoms with E-state index in [2.05, 4.69) is 9.93 Å². The number of esters is 1. The van der Waals surface area contributed by atoms with Crippen LogP contribution in [0.2, 0.25) is 0 Å². The molecular formula is C12H16N2O4S. The summed E-state index contributed by atoms with van der Waals surface area (Å²) in [7, 11) is -3.69. The normalized spacial score (nSPS) is 12.0. The van der Waals surface area contributed by atoms with Gasteiger partial charge in [0.15, 0.2) is 0 Å². The molecule has 1 N–H and O–H groups in total. The van der Waals surface area contributed by atoms with Gasteiger partial charge in [0.05, 0.1) is 17.9 Å². The summed E-state index contributed by atoms with van der Waals surface area (Å²) >= 11 is 0. The Hall–Kier alpha value is -1.89. The molecule has 0 saturated heterocycles. The number of benzene rings is 1. The van der Waals surface area contributed by atoms with E-state index in [0.717, 1.165) is 0 Å². The van der Waals surface area contributed by atoms with Gasteiger partial charge in [-0.15, -0.1) is 0 Å². The first-order valence-electron chi connectivity index (χ1n) is 5.71. The molecule has 0 aromatic heterocycles. The lowest BCUT2D eigenvalue weighted by Gasteiger charge is -2.05. The number of nitrogens with one attached hydrogen (secondary N) is 1. The number of hydrogen-bond acceptors (Lipinski definition) is 5. The summed E-state index contributed by atoms with van der Waals surface area (Å²) in [6.07, 6.45) is -0.0504. The summed E-state index contributed by atoms with van der Waals surface area (Å²) in [6, 6.07) is 7.86. The fraction of sp³-hybridized carbons (Fsp3) is 0.333. The molecule has 0 spiro atoms. The standard InChI is InChI=1S/C12H16N2O4S/c1-3-18-12(15)9-10(2)13-14-19(16,17)11-7-5-4-6-8-11/h4-8,14H,3,9H2,1-2H3/b13-10-. The number of hydrazone groups is 1. The number of hydrogen-bond donors (Lipinski definition) is 1. The zero-order valence-electron chi connectivity index (χ0n) is 10.8. The Bertz CT molecular complexity index is 552. The Morgan fingerprint density at radius 1 is 1.32 bits per heavy atom. The van der Waals surface area contributed by atoms with Crippen LogP contribution in [0.4, 0.5) is 0 Å². The van der Waals surface area contributed by atoms with Gasteiger partial charge in [0.2, 0.25) is 0 Å². The maximum absolute atomic E-state index is 11.8. The molecule has 0 aliphatic carbocycles. The quantitative estimate of drug-likeness (QED) is 0.484. The fourth-order valence-electron chi connectivity index (χ4n) is 1.25. The Morgan fingerprint density at radius 3 is 2.53 bits per heavy atom. The molecule has 0 heterocycles. The molecule has 0 bridgehead atoms. The van der Waals surface area contributed by atoms with Gasteiger partial charge in [-0.25, -0.2) is 4.83 Å². The Balaban J connectivity index is 2.67. The number of nitrogens with zero attached hydrogens (tertiary/aromatic N) is 1. The highest BCUT2D eigenvalue weighted by Crippen LogP contribution is 2.06. The largest absolute Gasteiger partial charge is 0.466 e.